The fraction of sp³-hybridized carbons (Fsp3) is 0.0588. The molecule has 0 bridgehead atoms. The highest BCUT2D eigenvalue weighted by Crippen LogP contribution is 2.21. The quantitative estimate of drug-likeness (QED) is 0.683. The Balaban J connectivity index is 1.65. The number of carbonyl (C=O) groups is 1. The molecule has 1 aromatic heterocycles. The zero-order valence-electron chi connectivity index (χ0n) is 11.8. The molecule has 0 unspecified atom stereocenters. The third-order valence-corrected chi connectivity index (χ3v) is 3.10. The number of benzene rings is 2. The summed E-state index contributed by atoms with van der Waals surface area (Å²) in [7, 11) is 0. The van der Waals surface area contributed by atoms with Crippen LogP contribution >= 0.6 is 0 Å². The second-order valence-corrected chi connectivity index (χ2v) is 4.78. The fourth-order valence-corrected chi connectivity index (χ4v) is 1.97. The second-order valence-electron chi connectivity index (χ2n) is 4.78. The normalized spacial score (nSPS) is 10.5. The lowest BCUT2D eigenvalue weighted by Crippen LogP contribution is -2.05. The molecule has 0 fully saturated rings. The molecule has 0 amide bonds. The Hall–Kier alpha value is -3.02. The standard InChI is InChI=1S/C17H11F2NO3/c18-13-6-4-11(5-7-13)16-9-15(20-23-16)10-22-17(21)12-2-1-3-14(19)8-12/h1-9H,10H2. The maximum Gasteiger partial charge on any atom is 0.338 e. The molecule has 0 saturated carbocycles. The summed E-state index contributed by atoms with van der Waals surface area (Å²) in [5, 5.41) is 3.78. The lowest BCUT2D eigenvalue weighted by molar-refractivity contribution is 0.0463. The number of esters is 1. The molecule has 0 atom stereocenters. The summed E-state index contributed by atoms with van der Waals surface area (Å²) in [5.74, 6) is -1.09. The SMILES string of the molecule is O=C(OCc1cc(-c2ccc(F)cc2)on1)c1cccc(F)c1. The number of nitrogens with zero attached hydrogens (tertiary/aromatic N) is 1. The van der Waals surface area contributed by atoms with Gasteiger partial charge in [0.05, 0.1) is 5.56 Å². The number of halogens is 2. The molecule has 4 nitrogen and oxygen atoms in total. The van der Waals surface area contributed by atoms with Crippen molar-refractivity contribution in [2.75, 3.05) is 0 Å². The van der Waals surface area contributed by atoms with Gasteiger partial charge in [0.15, 0.2) is 5.76 Å². The third kappa shape index (κ3) is 3.60. The van der Waals surface area contributed by atoms with E-state index in [-0.39, 0.29) is 18.0 Å². The van der Waals surface area contributed by atoms with Crippen LogP contribution in [0.15, 0.2) is 59.1 Å². The molecule has 0 saturated heterocycles. The van der Waals surface area contributed by atoms with Crippen molar-refractivity contribution in [3.63, 3.8) is 0 Å². The van der Waals surface area contributed by atoms with Crippen molar-refractivity contribution in [3.05, 3.63) is 77.5 Å². The van der Waals surface area contributed by atoms with Crippen molar-refractivity contribution in [2.24, 2.45) is 0 Å². The highest BCUT2D eigenvalue weighted by Gasteiger charge is 2.11. The summed E-state index contributed by atoms with van der Waals surface area (Å²) in [5.41, 5.74) is 1.17. The minimum atomic E-state index is -0.657. The molecule has 0 radical (unpaired) electrons. The van der Waals surface area contributed by atoms with Crippen LogP contribution < -0.4 is 0 Å². The summed E-state index contributed by atoms with van der Waals surface area (Å²) in [6.07, 6.45) is 0. The zero-order valence-corrected chi connectivity index (χ0v) is 11.8. The molecule has 116 valence electrons. The average Bonchev–Trinajstić information content (AvgIpc) is 3.02. The molecule has 23 heavy (non-hydrogen) atoms. The van der Waals surface area contributed by atoms with Gasteiger partial charge in [0.1, 0.15) is 23.9 Å². The van der Waals surface area contributed by atoms with Gasteiger partial charge in [-0.15, -0.1) is 0 Å². The van der Waals surface area contributed by atoms with Gasteiger partial charge in [-0.25, -0.2) is 13.6 Å². The summed E-state index contributed by atoms with van der Waals surface area (Å²) < 4.78 is 36.1. The lowest BCUT2D eigenvalue weighted by atomic mass is 10.1. The first kappa shape index (κ1) is 14.9. The minimum absolute atomic E-state index is 0.111. The van der Waals surface area contributed by atoms with Crippen LogP contribution in [-0.4, -0.2) is 11.1 Å². The van der Waals surface area contributed by atoms with E-state index in [0.29, 0.717) is 17.0 Å². The van der Waals surface area contributed by atoms with E-state index in [1.807, 2.05) is 0 Å². The molecule has 3 aromatic rings. The Bertz CT molecular complexity index is 828. The summed E-state index contributed by atoms with van der Waals surface area (Å²) in [4.78, 5) is 11.8. The van der Waals surface area contributed by atoms with Crippen LogP contribution in [0.2, 0.25) is 0 Å². The number of hydrogen-bond donors (Lipinski definition) is 0. The Morgan fingerprint density at radius 1 is 1.04 bits per heavy atom. The summed E-state index contributed by atoms with van der Waals surface area (Å²) in [6.45, 7) is -0.111. The largest absolute Gasteiger partial charge is 0.455 e. The molecule has 0 N–H and O–H groups in total. The molecular weight excluding hydrogens is 304 g/mol. The lowest BCUT2D eigenvalue weighted by Gasteiger charge is -2.02. The van der Waals surface area contributed by atoms with Gasteiger partial charge in [-0.1, -0.05) is 11.2 Å². The van der Waals surface area contributed by atoms with Crippen LogP contribution in [-0.2, 0) is 11.3 Å². The first-order chi connectivity index (χ1) is 11.1. The molecule has 0 spiro atoms. The number of rotatable bonds is 4. The number of hydrogen-bond acceptors (Lipinski definition) is 4. The predicted molar refractivity (Wildman–Crippen MR) is 77.4 cm³/mol. The van der Waals surface area contributed by atoms with Gasteiger partial charge in [0, 0.05) is 11.6 Å². The Morgan fingerprint density at radius 3 is 2.57 bits per heavy atom. The first-order valence-corrected chi connectivity index (χ1v) is 6.76. The number of ether oxygens (including phenoxy) is 1. The molecule has 0 aliphatic heterocycles. The van der Waals surface area contributed by atoms with E-state index in [2.05, 4.69) is 5.16 Å². The zero-order chi connectivity index (χ0) is 16.2. The van der Waals surface area contributed by atoms with E-state index >= 15 is 0 Å². The molecule has 0 aliphatic carbocycles. The Morgan fingerprint density at radius 2 is 1.83 bits per heavy atom. The van der Waals surface area contributed by atoms with Gasteiger partial charge in [-0.2, -0.15) is 0 Å². The van der Waals surface area contributed by atoms with Crippen molar-refractivity contribution in [1.29, 1.82) is 0 Å². The molecule has 6 heteroatoms. The van der Waals surface area contributed by atoms with Crippen molar-refractivity contribution in [2.45, 2.75) is 6.61 Å². The topological polar surface area (TPSA) is 52.3 Å². The Labute approximate surface area is 130 Å². The van der Waals surface area contributed by atoms with Gasteiger partial charge in [-0.3, -0.25) is 0 Å². The summed E-state index contributed by atoms with van der Waals surface area (Å²) >= 11 is 0. The smallest absolute Gasteiger partial charge is 0.338 e. The fourth-order valence-electron chi connectivity index (χ4n) is 1.97. The van der Waals surface area contributed by atoms with Gasteiger partial charge in [-0.05, 0) is 42.5 Å². The van der Waals surface area contributed by atoms with Gasteiger partial charge >= 0.3 is 5.97 Å². The first-order valence-electron chi connectivity index (χ1n) is 6.76. The van der Waals surface area contributed by atoms with E-state index < -0.39 is 11.8 Å². The van der Waals surface area contributed by atoms with Crippen molar-refractivity contribution < 1.29 is 22.8 Å². The van der Waals surface area contributed by atoms with Gasteiger partial charge in [0.2, 0.25) is 0 Å². The molecule has 1 heterocycles. The highest BCUT2D eigenvalue weighted by atomic mass is 19.1. The molecule has 3 rings (SSSR count). The minimum Gasteiger partial charge on any atom is -0.455 e. The molecule has 2 aromatic carbocycles. The van der Waals surface area contributed by atoms with E-state index in [0.717, 1.165) is 6.07 Å². The molecular formula is C17H11F2NO3. The van der Waals surface area contributed by atoms with Crippen LogP contribution in [0, 0.1) is 11.6 Å². The van der Waals surface area contributed by atoms with E-state index in [9.17, 15) is 13.6 Å². The monoisotopic (exact) mass is 315 g/mol. The number of carbonyl (C=O) groups excluding carboxylic acids is 1. The van der Waals surface area contributed by atoms with E-state index in [1.54, 1.807) is 18.2 Å². The van der Waals surface area contributed by atoms with Crippen molar-refractivity contribution in [3.8, 4) is 11.3 Å². The molecule has 0 aliphatic rings. The van der Waals surface area contributed by atoms with Crippen molar-refractivity contribution >= 4 is 5.97 Å². The van der Waals surface area contributed by atoms with E-state index in [4.69, 9.17) is 9.26 Å². The van der Waals surface area contributed by atoms with Crippen LogP contribution in [0.1, 0.15) is 16.1 Å². The Kier molecular flexibility index (Phi) is 4.14. The maximum absolute atomic E-state index is 13.0. The van der Waals surface area contributed by atoms with E-state index in [1.165, 1.54) is 30.3 Å². The van der Waals surface area contributed by atoms with Gasteiger partial charge in [0.25, 0.3) is 0 Å². The van der Waals surface area contributed by atoms with Gasteiger partial charge < -0.3 is 9.26 Å². The second kappa shape index (κ2) is 6.39. The highest BCUT2D eigenvalue weighted by molar-refractivity contribution is 5.89. The van der Waals surface area contributed by atoms with Crippen LogP contribution in [0.4, 0.5) is 8.78 Å². The van der Waals surface area contributed by atoms with Crippen LogP contribution in [0.25, 0.3) is 11.3 Å². The summed E-state index contributed by atoms with van der Waals surface area (Å²) in [6, 6.07) is 12.5. The van der Waals surface area contributed by atoms with Crippen molar-refractivity contribution in [1.82, 2.24) is 5.16 Å². The maximum atomic E-state index is 13.0. The predicted octanol–water partition coefficient (Wildman–Crippen LogP) is 3.98. The average molecular weight is 315 g/mol. The third-order valence-electron chi connectivity index (χ3n) is 3.10. The van der Waals surface area contributed by atoms with Crippen LogP contribution in [0.3, 0.4) is 0 Å². The van der Waals surface area contributed by atoms with Crippen LogP contribution in [0.5, 0.6) is 0 Å². The number of aromatic nitrogens is 1.